The van der Waals surface area contributed by atoms with Crippen LogP contribution >= 0.6 is 0 Å². The summed E-state index contributed by atoms with van der Waals surface area (Å²) in [7, 11) is 0. The molecule has 2 aliphatic rings. The highest BCUT2D eigenvalue weighted by Crippen LogP contribution is 2.41. The van der Waals surface area contributed by atoms with Crippen molar-refractivity contribution in [3.63, 3.8) is 0 Å². The molecule has 4 heteroatoms. The van der Waals surface area contributed by atoms with Crippen molar-refractivity contribution in [2.45, 2.75) is 76.7 Å². The second-order valence-corrected chi connectivity index (χ2v) is 8.57. The zero-order valence-electron chi connectivity index (χ0n) is 16.7. The number of carbonyl (C=O) groups excluding carboxylic acids is 1. The second-order valence-electron chi connectivity index (χ2n) is 8.57. The molecule has 0 atom stereocenters. The normalized spacial score (nSPS) is 27.9. The lowest BCUT2D eigenvalue weighted by atomic mass is 9.70. The van der Waals surface area contributed by atoms with Crippen LogP contribution in [0.15, 0.2) is 30.9 Å². The highest BCUT2D eigenvalue weighted by Gasteiger charge is 2.32. The summed E-state index contributed by atoms with van der Waals surface area (Å²) in [6.07, 6.45) is 15.0. The van der Waals surface area contributed by atoms with Crippen molar-refractivity contribution in [3.8, 4) is 0 Å². The largest absolute Gasteiger partial charge is 0.459 e. The van der Waals surface area contributed by atoms with E-state index in [-0.39, 0.29) is 11.7 Å². The van der Waals surface area contributed by atoms with Gasteiger partial charge in [-0.3, -0.25) is 0 Å². The lowest BCUT2D eigenvalue weighted by Gasteiger charge is -2.37. The summed E-state index contributed by atoms with van der Waals surface area (Å²) < 4.78 is 31.9. The van der Waals surface area contributed by atoms with Crippen LogP contribution in [0.1, 0.15) is 81.0 Å². The lowest BCUT2D eigenvalue weighted by molar-refractivity contribution is 0.0109. The summed E-state index contributed by atoms with van der Waals surface area (Å²) >= 11 is 0. The van der Waals surface area contributed by atoms with Gasteiger partial charge in [-0.1, -0.05) is 25.3 Å². The molecule has 0 heterocycles. The van der Waals surface area contributed by atoms with Crippen LogP contribution in [0.5, 0.6) is 0 Å². The van der Waals surface area contributed by atoms with Crippen molar-refractivity contribution in [1.29, 1.82) is 0 Å². The lowest BCUT2D eigenvalue weighted by Crippen LogP contribution is -2.29. The van der Waals surface area contributed by atoms with Crippen molar-refractivity contribution in [3.05, 3.63) is 48.1 Å². The summed E-state index contributed by atoms with van der Waals surface area (Å²) in [4.78, 5) is 12.2. The number of esters is 1. The predicted octanol–water partition coefficient (Wildman–Crippen LogP) is 6.84. The molecular weight excluding hydrogens is 358 g/mol. The van der Waals surface area contributed by atoms with Crippen LogP contribution in [0.4, 0.5) is 8.78 Å². The van der Waals surface area contributed by atoms with Crippen LogP contribution < -0.4 is 0 Å². The molecule has 2 aliphatic carbocycles. The van der Waals surface area contributed by atoms with Crippen molar-refractivity contribution >= 4 is 5.97 Å². The van der Waals surface area contributed by atoms with Gasteiger partial charge in [-0.25, -0.2) is 13.6 Å². The Labute approximate surface area is 167 Å². The molecule has 0 bridgehead atoms. The number of allylic oxidation sites excluding steroid dienone is 1. The number of carbonyl (C=O) groups is 1. The fraction of sp³-hybridized carbons (Fsp3) is 0.625. The molecule has 0 amide bonds. The van der Waals surface area contributed by atoms with E-state index in [1.165, 1.54) is 44.6 Å². The molecule has 0 radical (unpaired) electrons. The molecule has 2 nitrogen and oxygen atoms in total. The van der Waals surface area contributed by atoms with Crippen LogP contribution in [-0.4, -0.2) is 12.1 Å². The smallest absolute Gasteiger partial charge is 0.338 e. The molecule has 1 aromatic carbocycles. The fourth-order valence-electron chi connectivity index (χ4n) is 5.02. The van der Waals surface area contributed by atoms with E-state index >= 15 is 0 Å². The van der Waals surface area contributed by atoms with E-state index in [1.54, 1.807) is 0 Å². The van der Waals surface area contributed by atoms with E-state index in [1.807, 2.05) is 6.08 Å². The van der Waals surface area contributed by atoms with Gasteiger partial charge in [0, 0.05) is 0 Å². The Morgan fingerprint density at radius 3 is 2.25 bits per heavy atom. The number of hydrogen-bond donors (Lipinski definition) is 0. The maximum atomic E-state index is 13.3. The summed E-state index contributed by atoms with van der Waals surface area (Å²) in [5.74, 6) is -0.0661. The standard InChI is InChI=1S/C24H32F2O2/c1-2-3-4-5-17-6-8-18(9-7-17)19-10-13-21(14-11-19)28-24(27)20-12-15-22(25)23(26)16-20/h2,12,15-19,21H,1,3-11,13-14H2. The summed E-state index contributed by atoms with van der Waals surface area (Å²) in [6, 6.07) is 3.16. The SMILES string of the molecule is C=CCCCC1CCC(C2CCC(OC(=O)c3ccc(F)c(F)c3)CC2)CC1. The van der Waals surface area contributed by atoms with E-state index in [0.29, 0.717) is 0 Å². The minimum Gasteiger partial charge on any atom is -0.459 e. The molecule has 0 N–H and O–H groups in total. The van der Waals surface area contributed by atoms with E-state index in [2.05, 4.69) is 6.58 Å². The number of unbranched alkanes of at least 4 members (excludes halogenated alkanes) is 1. The van der Waals surface area contributed by atoms with Crippen LogP contribution in [0, 0.1) is 29.4 Å². The van der Waals surface area contributed by atoms with Gasteiger partial charge in [0.2, 0.25) is 0 Å². The Hall–Kier alpha value is -1.71. The van der Waals surface area contributed by atoms with Gasteiger partial charge >= 0.3 is 5.97 Å². The number of rotatable bonds is 7. The summed E-state index contributed by atoms with van der Waals surface area (Å²) in [5, 5.41) is 0. The number of halogens is 2. The van der Waals surface area contributed by atoms with E-state index in [4.69, 9.17) is 4.74 Å². The molecule has 3 rings (SSSR count). The molecule has 0 saturated heterocycles. The molecule has 2 saturated carbocycles. The quantitative estimate of drug-likeness (QED) is 0.289. The third-order valence-electron chi connectivity index (χ3n) is 6.73. The van der Waals surface area contributed by atoms with E-state index in [0.717, 1.165) is 62.0 Å². The topological polar surface area (TPSA) is 26.3 Å². The Morgan fingerprint density at radius 1 is 1.00 bits per heavy atom. The highest BCUT2D eigenvalue weighted by molar-refractivity contribution is 5.89. The van der Waals surface area contributed by atoms with Crippen molar-refractivity contribution in [1.82, 2.24) is 0 Å². The Morgan fingerprint density at radius 2 is 1.64 bits per heavy atom. The number of hydrogen-bond acceptors (Lipinski definition) is 2. The summed E-state index contributed by atoms with van der Waals surface area (Å²) in [6.45, 7) is 3.80. The van der Waals surface area contributed by atoms with Crippen LogP contribution in [0.25, 0.3) is 0 Å². The monoisotopic (exact) mass is 390 g/mol. The van der Waals surface area contributed by atoms with E-state index < -0.39 is 17.6 Å². The van der Waals surface area contributed by atoms with Crippen molar-refractivity contribution < 1.29 is 18.3 Å². The van der Waals surface area contributed by atoms with Crippen molar-refractivity contribution in [2.75, 3.05) is 0 Å². The van der Waals surface area contributed by atoms with Gasteiger partial charge in [0.1, 0.15) is 6.10 Å². The third kappa shape index (κ3) is 5.65. The first kappa shape index (κ1) is 21.0. The van der Waals surface area contributed by atoms with Gasteiger partial charge in [-0.05, 0) is 87.3 Å². The summed E-state index contributed by atoms with van der Waals surface area (Å²) in [5.41, 5.74) is 0.0794. The highest BCUT2D eigenvalue weighted by atomic mass is 19.2. The first-order chi connectivity index (χ1) is 13.6. The minimum atomic E-state index is -1.02. The Balaban J connectivity index is 1.39. The van der Waals surface area contributed by atoms with Crippen LogP contribution in [0.3, 0.4) is 0 Å². The maximum absolute atomic E-state index is 13.3. The van der Waals surface area contributed by atoms with Gasteiger partial charge in [0.15, 0.2) is 11.6 Å². The van der Waals surface area contributed by atoms with Crippen LogP contribution in [0.2, 0.25) is 0 Å². The molecular formula is C24H32F2O2. The number of ether oxygens (including phenoxy) is 1. The molecule has 154 valence electrons. The predicted molar refractivity (Wildman–Crippen MR) is 107 cm³/mol. The zero-order chi connectivity index (χ0) is 19.9. The minimum absolute atomic E-state index is 0.0794. The molecule has 1 aromatic rings. The van der Waals surface area contributed by atoms with E-state index in [9.17, 15) is 13.6 Å². The Bertz CT molecular complexity index is 657. The molecule has 0 spiro atoms. The average molecular weight is 391 g/mol. The first-order valence-corrected chi connectivity index (χ1v) is 10.8. The van der Waals surface area contributed by atoms with Gasteiger partial charge in [-0.15, -0.1) is 6.58 Å². The third-order valence-corrected chi connectivity index (χ3v) is 6.73. The molecule has 2 fully saturated rings. The fourth-order valence-corrected chi connectivity index (χ4v) is 5.02. The van der Waals surface area contributed by atoms with Gasteiger partial charge < -0.3 is 4.74 Å². The molecule has 0 unspecified atom stereocenters. The Kier molecular flexibility index (Phi) is 7.64. The van der Waals surface area contributed by atoms with Gasteiger partial charge in [0.05, 0.1) is 5.56 Å². The van der Waals surface area contributed by atoms with Crippen LogP contribution in [-0.2, 0) is 4.74 Å². The maximum Gasteiger partial charge on any atom is 0.338 e. The van der Waals surface area contributed by atoms with Gasteiger partial charge in [0.25, 0.3) is 0 Å². The molecule has 28 heavy (non-hydrogen) atoms. The molecule has 0 aliphatic heterocycles. The van der Waals surface area contributed by atoms with Gasteiger partial charge in [-0.2, -0.15) is 0 Å². The van der Waals surface area contributed by atoms with Crippen molar-refractivity contribution in [2.24, 2.45) is 17.8 Å². The average Bonchev–Trinajstić information content (AvgIpc) is 2.71. The zero-order valence-corrected chi connectivity index (χ0v) is 16.7. The number of benzene rings is 1. The first-order valence-electron chi connectivity index (χ1n) is 10.8. The second kappa shape index (κ2) is 10.2. The molecule has 0 aromatic heterocycles.